The van der Waals surface area contributed by atoms with Gasteiger partial charge in [0.15, 0.2) is 6.61 Å². The Morgan fingerprint density at radius 3 is 2.82 bits per heavy atom. The summed E-state index contributed by atoms with van der Waals surface area (Å²) in [5.41, 5.74) is 2.74. The van der Waals surface area contributed by atoms with Gasteiger partial charge in [0.05, 0.1) is 0 Å². The molecule has 0 aromatic heterocycles. The standard InChI is InChI=1S/C15H18N2O4S/c1-10-4-3-5-12(11(10)2)16-13(18)9-21-14(19)8-17-6-7-22-15(17)20/h3-5H,6-9H2,1-2H3,(H,16,18). The third-order valence-electron chi connectivity index (χ3n) is 3.41. The zero-order valence-electron chi connectivity index (χ0n) is 12.5. The maximum Gasteiger partial charge on any atom is 0.326 e. The van der Waals surface area contributed by atoms with Gasteiger partial charge in [0.1, 0.15) is 6.54 Å². The minimum absolute atomic E-state index is 0.109. The Bertz CT molecular complexity index is 603. The summed E-state index contributed by atoms with van der Waals surface area (Å²) >= 11 is 1.18. The third kappa shape index (κ3) is 4.24. The van der Waals surface area contributed by atoms with Crippen LogP contribution in [0, 0.1) is 13.8 Å². The predicted octanol–water partition coefficient (Wildman–Crippen LogP) is 1.95. The van der Waals surface area contributed by atoms with Crippen LogP contribution in [0.1, 0.15) is 11.1 Å². The van der Waals surface area contributed by atoms with E-state index in [1.54, 1.807) is 6.07 Å². The smallest absolute Gasteiger partial charge is 0.326 e. The average Bonchev–Trinajstić information content (AvgIpc) is 2.87. The highest BCUT2D eigenvalue weighted by molar-refractivity contribution is 8.13. The molecule has 6 nitrogen and oxygen atoms in total. The van der Waals surface area contributed by atoms with Gasteiger partial charge in [-0.1, -0.05) is 23.9 Å². The van der Waals surface area contributed by atoms with E-state index in [1.807, 2.05) is 26.0 Å². The summed E-state index contributed by atoms with van der Waals surface area (Å²) in [4.78, 5) is 36.2. The van der Waals surface area contributed by atoms with Crippen molar-refractivity contribution in [2.45, 2.75) is 13.8 Å². The van der Waals surface area contributed by atoms with Crippen molar-refractivity contribution in [2.75, 3.05) is 30.8 Å². The van der Waals surface area contributed by atoms with Crippen molar-refractivity contribution in [3.05, 3.63) is 29.3 Å². The number of esters is 1. The molecule has 0 atom stereocenters. The van der Waals surface area contributed by atoms with Crippen molar-refractivity contribution in [2.24, 2.45) is 0 Å². The van der Waals surface area contributed by atoms with E-state index in [0.29, 0.717) is 18.0 Å². The molecular formula is C15H18N2O4S. The van der Waals surface area contributed by atoms with Crippen molar-refractivity contribution in [3.63, 3.8) is 0 Å². The van der Waals surface area contributed by atoms with E-state index >= 15 is 0 Å². The van der Waals surface area contributed by atoms with Crippen molar-refractivity contribution in [1.29, 1.82) is 0 Å². The molecular weight excluding hydrogens is 304 g/mol. The molecule has 118 valence electrons. The van der Waals surface area contributed by atoms with Crippen LogP contribution in [0.25, 0.3) is 0 Å². The number of hydrogen-bond donors (Lipinski definition) is 1. The van der Waals surface area contributed by atoms with E-state index in [-0.39, 0.29) is 18.4 Å². The van der Waals surface area contributed by atoms with E-state index in [4.69, 9.17) is 4.74 Å². The molecule has 0 aliphatic carbocycles. The van der Waals surface area contributed by atoms with Gasteiger partial charge < -0.3 is 15.0 Å². The minimum Gasteiger partial charge on any atom is -0.454 e. The number of carbonyl (C=O) groups excluding carboxylic acids is 3. The van der Waals surface area contributed by atoms with Gasteiger partial charge in [0.25, 0.3) is 11.1 Å². The first-order valence-corrected chi connectivity index (χ1v) is 7.89. The van der Waals surface area contributed by atoms with E-state index < -0.39 is 11.9 Å². The zero-order chi connectivity index (χ0) is 16.1. The van der Waals surface area contributed by atoms with Crippen molar-refractivity contribution in [3.8, 4) is 0 Å². The molecule has 0 unspecified atom stereocenters. The number of carbonyl (C=O) groups is 3. The molecule has 2 amide bonds. The normalized spacial score (nSPS) is 14.1. The Morgan fingerprint density at radius 2 is 2.14 bits per heavy atom. The van der Waals surface area contributed by atoms with Gasteiger partial charge in [-0.3, -0.25) is 14.4 Å². The average molecular weight is 322 g/mol. The van der Waals surface area contributed by atoms with E-state index in [2.05, 4.69) is 5.32 Å². The fraction of sp³-hybridized carbons (Fsp3) is 0.400. The van der Waals surface area contributed by atoms with Crippen LogP contribution in [-0.4, -0.2) is 47.5 Å². The number of aryl methyl sites for hydroxylation is 1. The molecule has 1 fully saturated rings. The number of ether oxygens (including phenoxy) is 1. The molecule has 1 N–H and O–H groups in total. The molecule has 1 aromatic rings. The summed E-state index contributed by atoms with van der Waals surface area (Å²) in [5, 5.41) is 2.58. The maximum absolute atomic E-state index is 11.8. The Labute approximate surface area is 133 Å². The van der Waals surface area contributed by atoms with Crippen LogP contribution >= 0.6 is 11.8 Å². The van der Waals surface area contributed by atoms with Crippen molar-refractivity contribution >= 4 is 34.6 Å². The van der Waals surface area contributed by atoms with Crippen molar-refractivity contribution in [1.82, 2.24) is 4.90 Å². The lowest BCUT2D eigenvalue weighted by atomic mass is 10.1. The van der Waals surface area contributed by atoms with E-state index in [9.17, 15) is 14.4 Å². The summed E-state index contributed by atoms with van der Waals surface area (Å²) in [5.74, 6) is -0.296. The number of benzene rings is 1. The molecule has 22 heavy (non-hydrogen) atoms. The lowest BCUT2D eigenvalue weighted by Crippen LogP contribution is -2.32. The first-order valence-electron chi connectivity index (χ1n) is 6.91. The highest BCUT2D eigenvalue weighted by atomic mass is 32.2. The second-order valence-electron chi connectivity index (χ2n) is 4.99. The largest absolute Gasteiger partial charge is 0.454 e. The Balaban J connectivity index is 1.79. The first kappa shape index (κ1) is 16.4. The number of amides is 2. The second kappa shape index (κ2) is 7.31. The molecule has 7 heteroatoms. The molecule has 0 bridgehead atoms. The number of nitrogens with one attached hydrogen (secondary N) is 1. The monoisotopic (exact) mass is 322 g/mol. The second-order valence-corrected chi connectivity index (χ2v) is 6.04. The molecule has 1 aliphatic heterocycles. The Hall–Kier alpha value is -2.02. The fourth-order valence-electron chi connectivity index (χ4n) is 1.99. The number of rotatable bonds is 5. The summed E-state index contributed by atoms with van der Waals surface area (Å²) in [6, 6.07) is 5.60. The molecule has 1 aromatic carbocycles. The van der Waals surface area contributed by atoms with Crippen LogP contribution < -0.4 is 5.32 Å². The quantitative estimate of drug-likeness (QED) is 0.839. The van der Waals surface area contributed by atoms with Crippen molar-refractivity contribution < 1.29 is 19.1 Å². The fourth-order valence-corrected chi connectivity index (χ4v) is 2.81. The van der Waals surface area contributed by atoms with Crippen LogP contribution in [0.3, 0.4) is 0 Å². The van der Waals surface area contributed by atoms with E-state index in [1.165, 1.54) is 16.7 Å². The lowest BCUT2D eigenvalue weighted by Gasteiger charge is -2.14. The summed E-state index contributed by atoms with van der Waals surface area (Å²) < 4.78 is 4.90. The molecule has 2 rings (SSSR count). The van der Waals surface area contributed by atoms with Gasteiger partial charge in [-0.05, 0) is 31.0 Å². The summed E-state index contributed by atoms with van der Waals surface area (Å²) in [6.45, 7) is 3.93. The summed E-state index contributed by atoms with van der Waals surface area (Å²) in [7, 11) is 0. The molecule has 0 spiro atoms. The van der Waals surface area contributed by atoms with E-state index in [0.717, 1.165) is 11.1 Å². The summed E-state index contributed by atoms with van der Waals surface area (Å²) in [6.07, 6.45) is 0. The van der Waals surface area contributed by atoms with Gasteiger partial charge in [0, 0.05) is 18.0 Å². The van der Waals surface area contributed by atoms with Crippen LogP contribution in [0.2, 0.25) is 0 Å². The third-order valence-corrected chi connectivity index (χ3v) is 4.30. The lowest BCUT2D eigenvalue weighted by molar-refractivity contribution is -0.147. The SMILES string of the molecule is Cc1cccc(NC(=O)COC(=O)CN2CCSC2=O)c1C. The van der Waals surface area contributed by atoms with Gasteiger partial charge >= 0.3 is 5.97 Å². The topological polar surface area (TPSA) is 75.7 Å². The maximum atomic E-state index is 11.8. The van der Waals surface area contributed by atoms with Gasteiger partial charge in [-0.15, -0.1) is 0 Å². The van der Waals surface area contributed by atoms with Crippen LogP contribution in [0.15, 0.2) is 18.2 Å². The van der Waals surface area contributed by atoms with Crippen LogP contribution in [-0.2, 0) is 14.3 Å². The molecule has 1 aliphatic rings. The minimum atomic E-state index is -0.577. The highest BCUT2D eigenvalue weighted by Crippen LogP contribution is 2.18. The number of anilines is 1. The number of nitrogens with zero attached hydrogens (tertiary/aromatic N) is 1. The Morgan fingerprint density at radius 1 is 1.36 bits per heavy atom. The van der Waals surface area contributed by atoms with Gasteiger partial charge in [-0.2, -0.15) is 0 Å². The van der Waals surface area contributed by atoms with Crippen LogP contribution in [0.4, 0.5) is 10.5 Å². The first-order chi connectivity index (χ1) is 10.5. The zero-order valence-corrected chi connectivity index (χ0v) is 13.4. The highest BCUT2D eigenvalue weighted by Gasteiger charge is 2.24. The van der Waals surface area contributed by atoms with Gasteiger partial charge in [0.2, 0.25) is 0 Å². The molecule has 1 saturated heterocycles. The molecule has 1 heterocycles. The Kier molecular flexibility index (Phi) is 5.43. The van der Waals surface area contributed by atoms with Crippen LogP contribution in [0.5, 0.6) is 0 Å². The predicted molar refractivity (Wildman–Crippen MR) is 84.9 cm³/mol. The number of thioether (sulfide) groups is 1. The molecule has 0 radical (unpaired) electrons. The number of hydrogen-bond acceptors (Lipinski definition) is 5. The van der Waals surface area contributed by atoms with Gasteiger partial charge in [-0.25, -0.2) is 0 Å². The molecule has 0 saturated carbocycles.